The molecule has 0 spiro atoms. The monoisotopic (exact) mass is 537 g/mol. The standard InChI is InChI=1S/C32H28ClN3O3/c33-25-8-5-22(6-9-25)28-4-2-1-3-24(28)21-35-15-17-36(18-16-35)26-10-12-29(32(37)38)31(19-26)39-27-11-7-23-13-14-34-30(23)20-27/h1-14,19-20,34H,15-18,21H2,(H,37,38). The largest absolute Gasteiger partial charge is 0.478 e. The van der Waals surface area contributed by atoms with Crippen LogP contribution in [0.5, 0.6) is 11.5 Å². The van der Waals surface area contributed by atoms with Crippen molar-refractivity contribution in [2.45, 2.75) is 6.54 Å². The van der Waals surface area contributed by atoms with Crippen molar-refractivity contribution in [2.75, 3.05) is 31.1 Å². The molecule has 0 aliphatic carbocycles. The van der Waals surface area contributed by atoms with Gasteiger partial charge in [0.15, 0.2) is 0 Å². The topological polar surface area (TPSA) is 68.8 Å². The fourth-order valence-electron chi connectivity index (χ4n) is 5.16. The highest BCUT2D eigenvalue weighted by molar-refractivity contribution is 6.30. The Hall–Kier alpha value is -4.26. The summed E-state index contributed by atoms with van der Waals surface area (Å²) >= 11 is 6.10. The third-order valence-corrected chi connectivity index (χ3v) is 7.51. The summed E-state index contributed by atoms with van der Waals surface area (Å²) in [6.07, 6.45) is 1.87. The molecule has 1 aliphatic heterocycles. The lowest BCUT2D eigenvalue weighted by Crippen LogP contribution is -2.46. The van der Waals surface area contributed by atoms with Crippen molar-refractivity contribution in [1.29, 1.82) is 0 Å². The van der Waals surface area contributed by atoms with Gasteiger partial charge in [-0.25, -0.2) is 4.79 Å². The van der Waals surface area contributed by atoms with Crippen molar-refractivity contribution in [2.24, 2.45) is 0 Å². The van der Waals surface area contributed by atoms with Gasteiger partial charge in [-0.1, -0.05) is 48.0 Å². The van der Waals surface area contributed by atoms with Crippen LogP contribution in [0.15, 0.2) is 97.2 Å². The summed E-state index contributed by atoms with van der Waals surface area (Å²) in [7, 11) is 0. The maximum atomic E-state index is 11.9. The van der Waals surface area contributed by atoms with E-state index in [4.69, 9.17) is 16.3 Å². The fraction of sp³-hybridized carbons (Fsp3) is 0.156. The number of aromatic amines is 1. The summed E-state index contributed by atoms with van der Waals surface area (Å²) in [5.41, 5.74) is 5.71. The van der Waals surface area contributed by atoms with Gasteiger partial charge in [0.25, 0.3) is 0 Å². The Labute approximate surface area is 232 Å². The van der Waals surface area contributed by atoms with Crippen molar-refractivity contribution in [3.8, 4) is 22.6 Å². The molecular formula is C32H28ClN3O3. The van der Waals surface area contributed by atoms with Crippen LogP contribution in [-0.2, 0) is 6.54 Å². The van der Waals surface area contributed by atoms with Crippen LogP contribution in [0.3, 0.4) is 0 Å². The zero-order valence-corrected chi connectivity index (χ0v) is 22.1. The SMILES string of the molecule is O=C(O)c1ccc(N2CCN(Cc3ccccc3-c3ccc(Cl)cc3)CC2)cc1Oc1ccc2cc[nH]c2c1. The van der Waals surface area contributed by atoms with E-state index < -0.39 is 5.97 Å². The Morgan fingerprint density at radius 1 is 0.897 bits per heavy atom. The molecule has 0 bridgehead atoms. The second-order valence-corrected chi connectivity index (χ2v) is 10.2. The summed E-state index contributed by atoms with van der Waals surface area (Å²) in [5.74, 6) is -0.0827. The van der Waals surface area contributed by atoms with Crippen LogP contribution < -0.4 is 9.64 Å². The highest BCUT2D eigenvalue weighted by Crippen LogP contribution is 2.32. The van der Waals surface area contributed by atoms with Crippen LogP contribution >= 0.6 is 11.6 Å². The van der Waals surface area contributed by atoms with Crippen molar-refractivity contribution < 1.29 is 14.6 Å². The number of benzene rings is 4. The zero-order chi connectivity index (χ0) is 26.8. The number of aromatic nitrogens is 1. The molecule has 196 valence electrons. The van der Waals surface area contributed by atoms with E-state index in [0.29, 0.717) is 11.5 Å². The quantitative estimate of drug-likeness (QED) is 0.228. The Balaban J connectivity index is 1.16. The van der Waals surface area contributed by atoms with Crippen LogP contribution in [0.2, 0.25) is 5.02 Å². The van der Waals surface area contributed by atoms with E-state index in [-0.39, 0.29) is 5.56 Å². The molecule has 1 aliphatic rings. The maximum Gasteiger partial charge on any atom is 0.339 e. The van der Waals surface area contributed by atoms with Gasteiger partial charge in [-0.05, 0) is 64.5 Å². The van der Waals surface area contributed by atoms with Crippen molar-refractivity contribution in [1.82, 2.24) is 9.88 Å². The number of H-pyrrole nitrogens is 1. The molecule has 0 radical (unpaired) electrons. The Morgan fingerprint density at radius 3 is 2.49 bits per heavy atom. The van der Waals surface area contributed by atoms with Gasteiger partial charge in [0.05, 0.1) is 0 Å². The maximum absolute atomic E-state index is 11.9. The Morgan fingerprint density at radius 2 is 1.69 bits per heavy atom. The van der Waals surface area contributed by atoms with E-state index >= 15 is 0 Å². The highest BCUT2D eigenvalue weighted by Gasteiger charge is 2.21. The van der Waals surface area contributed by atoms with Gasteiger partial charge in [-0.3, -0.25) is 4.90 Å². The lowest BCUT2D eigenvalue weighted by atomic mass is 9.99. The van der Waals surface area contributed by atoms with E-state index in [1.165, 1.54) is 11.1 Å². The number of ether oxygens (including phenoxy) is 1. The highest BCUT2D eigenvalue weighted by atomic mass is 35.5. The number of carboxylic acids is 1. The van der Waals surface area contributed by atoms with Gasteiger partial charge in [0.2, 0.25) is 0 Å². The van der Waals surface area contributed by atoms with Gasteiger partial charge in [-0.15, -0.1) is 0 Å². The Kier molecular flexibility index (Phi) is 6.97. The van der Waals surface area contributed by atoms with E-state index in [9.17, 15) is 9.90 Å². The molecule has 2 heterocycles. The number of fused-ring (bicyclic) bond motifs is 1. The molecule has 39 heavy (non-hydrogen) atoms. The fourth-order valence-corrected chi connectivity index (χ4v) is 5.29. The van der Waals surface area contributed by atoms with Gasteiger partial charge < -0.3 is 19.7 Å². The predicted octanol–water partition coefficient (Wildman–Crippen LogP) is 7.30. The molecule has 0 atom stereocenters. The average molecular weight is 538 g/mol. The summed E-state index contributed by atoms with van der Waals surface area (Å²) in [4.78, 5) is 19.8. The smallest absolute Gasteiger partial charge is 0.339 e. The number of carbonyl (C=O) groups is 1. The molecular weight excluding hydrogens is 510 g/mol. The van der Waals surface area contributed by atoms with E-state index in [1.807, 2.05) is 54.7 Å². The van der Waals surface area contributed by atoms with E-state index in [2.05, 4.69) is 51.2 Å². The number of rotatable bonds is 7. The molecule has 1 aromatic heterocycles. The first kappa shape index (κ1) is 25.0. The van der Waals surface area contributed by atoms with Gasteiger partial charge >= 0.3 is 5.97 Å². The number of piperazine rings is 1. The summed E-state index contributed by atoms with van der Waals surface area (Å²) in [5, 5.41) is 11.6. The van der Waals surface area contributed by atoms with Gasteiger partial charge in [0.1, 0.15) is 17.1 Å². The molecule has 4 aromatic carbocycles. The molecule has 7 heteroatoms. The molecule has 5 aromatic rings. The second kappa shape index (κ2) is 10.8. The number of halogens is 1. The van der Waals surface area contributed by atoms with Gasteiger partial charge in [0, 0.05) is 67.3 Å². The molecule has 0 amide bonds. The number of anilines is 1. The van der Waals surface area contributed by atoms with Gasteiger partial charge in [-0.2, -0.15) is 0 Å². The molecule has 6 nitrogen and oxygen atoms in total. The van der Waals surface area contributed by atoms with Crippen molar-refractivity contribution >= 4 is 34.2 Å². The lowest BCUT2D eigenvalue weighted by Gasteiger charge is -2.36. The van der Waals surface area contributed by atoms with Crippen LogP contribution in [-0.4, -0.2) is 47.1 Å². The molecule has 0 unspecified atom stereocenters. The average Bonchev–Trinajstić information content (AvgIpc) is 3.42. The number of aromatic carboxylic acids is 1. The first-order valence-corrected chi connectivity index (χ1v) is 13.3. The van der Waals surface area contributed by atoms with Crippen LogP contribution in [0, 0.1) is 0 Å². The minimum absolute atomic E-state index is 0.141. The second-order valence-electron chi connectivity index (χ2n) is 9.74. The van der Waals surface area contributed by atoms with Crippen molar-refractivity contribution in [3.63, 3.8) is 0 Å². The molecule has 6 rings (SSSR count). The summed E-state index contributed by atoms with van der Waals surface area (Å²) < 4.78 is 6.10. The minimum atomic E-state index is -1.01. The summed E-state index contributed by atoms with van der Waals surface area (Å²) in [6, 6.07) is 29.5. The molecule has 1 saturated heterocycles. The summed E-state index contributed by atoms with van der Waals surface area (Å²) in [6.45, 7) is 4.33. The molecule has 0 saturated carbocycles. The lowest BCUT2D eigenvalue weighted by molar-refractivity contribution is 0.0694. The number of carboxylic acid groups (broad SMARTS) is 1. The van der Waals surface area contributed by atoms with Crippen LogP contribution in [0.25, 0.3) is 22.0 Å². The molecule has 2 N–H and O–H groups in total. The van der Waals surface area contributed by atoms with Crippen LogP contribution in [0.1, 0.15) is 15.9 Å². The molecule has 1 fully saturated rings. The van der Waals surface area contributed by atoms with Crippen molar-refractivity contribution in [3.05, 3.63) is 113 Å². The first-order valence-electron chi connectivity index (χ1n) is 13.0. The number of hydrogen-bond donors (Lipinski definition) is 2. The Bertz CT molecular complexity index is 1620. The predicted molar refractivity (Wildman–Crippen MR) is 156 cm³/mol. The number of hydrogen-bond acceptors (Lipinski definition) is 4. The number of nitrogens with zero attached hydrogens (tertiary/aromatic N) is 2. The first-order chi connectivity index (χ1) is 19.0. The van der Waals surface area contributed by atoms with Crippen LogP contribution in [0.4, 0.5) is 5.69 Å². The van der Waals surface area contributed by atoms with E-state index in [0.717, 1.165) is 59.9 Å². The number of nitrogens with one attached hydrogen (secondary N) is 1. The third-order valence-electron chi connectivity index (χ3n) is 7.25. The third kappa shape index (κ3) is 5.48. The minimum Gasteiger partial charge on any atom is -0.478 e. The normalized spacial score (nSPS) is 14.0. The van der Waals surface area contributed by atoms with E-state index in [1.54, 1.807) is 6.07 Å². The zero-order valence-electron chi connectivity index (χ0n) is 21.3.